The number of benzene rings is 1. The molecule has 118 valence electrons. The van der Waals surface area contributed by atoms with Gasteiger partial charge in [0.2, 0.25) is 0 Å². The molecule has 0 saturated carbocycles. The number of hydrogen-bond donors (Lipinski definition) is 0. The van der Waals surface area contributed by atoms with Gasteiger partial charge < -0.3 is 9.47 Å². The second kappa shape index (κ2) is 9.49. The molecule has 0 bridgehead atoms. The third-order valence-corrected chi connectivity index (χ3v) is 3.89. The Morgan fingerprint density at radius 2 is 1.95 bits per heavy atom. The lowest BCUT2D eigenvalue weighted by atomic mass is 10.0. The molecule has 0 aliphatic heterocycles. The molecule has 0 N–H and O–H groups in total. The van der Waals surface area contributed by atoms with E-state index >= 15 is 0 Å². The lowest BCUT2D eigenvalue weighted by Crippen LogP contribution is -2.12. The molecule has 0 heterocycles. The van der Waals surface area contributed by atoms with E-state index in [1.807, 2.05) is 13.0 Å². The highest BCUT2D eigenvalue weighted by Gasteiger charge is 2.10. The highest BCUT2D eigenvalue weighted by atomic mass is 16.5. The van der Waals surface area contributed by atoms with Crippen LogP contribution in [0.4, 0.5) is 0 Å². The summed E-state index contributed by atoms with van der Waals surface area (Å²) in [6.45, 7) is 9.38. The second-order valence-electron chi connectivity index (χ2n) is 5.59. The minimum absolute atomic E-state index is 0.650. The molecule has 1 rings (SSSR count). The normalized spacial score (nSPS) is 12.6. The van der Waals surface area contributed by atoms with Crippen molar-refractivity contribution in [1.82, 2.24) is 0 Å². The molecule has 1 aromatic carbocycles. The van der Waals surface area contributed by atoms with E-state index in [0.717, 1.165) is 29.2 Å². The Balaban J connectivity index is 2.80. The summed E-state index contributed by atoms with van der Waals surface area (Å²) in [7, 11) is 1.71. The van der Waals surface area contributed by atoms with Gasteiger partial charge in [0, 0.05) is 5.56 Å². The van der Waals surface area contributed by atoms with Crippen molar-refractivity contribution in [2.75, 3.05) is 13.7 Å². The van der Waals surface area contributed by atoms with E-state index in [4.69, 9.17) is 9.47 Å². The Labute approximate surface area is 130 Å². The minimum Gasteiger partial charge on any atom is -0.496 e. The van der Waals surface area contributed by atoms with Crippen LogP contribution in [0.25, 0.3) is 6.08 Å². The maximum atomic E-state index is 6.08. The minimum atomic E-state index is 0.650. The molecule has 1 atom stereocenters. The van der Waals surface area contributed by atoms with E-state index in [0.29, 0.717) is 5.92 Å². The number of unbranched alkanes of at least 4 members (excludes halogenated alkanes) is 1. The summed E-state index contributed by atoms with van der Waals surface area (Å²) in [5, 5.41) is 0. The zero-order chi connectivity index (χ0) is 15.7. The third-order valence-electron chi connectivity index (χ3n) is 3.89. The van der Waals surface area contributed by atoms with Gasteiger partial charge in [-0.2, -0.15) is 0 Å². The molecule has 0 fully saturated rings. The molecule has 0 aliphatic carbocycles. The smallest absolute Gasteiger partial charge is 0.126 e. The first-order chi connectivity index (χ1) is 10.2. The lowest BCUT2D eigenvalue weighted by Gasteiger charge is -2.18. The van der Waals surface area contributed by atoms with Crippen LogP contribution in [0, 0.1) is 12.8 Å². The van der Waals surface area contributed by atoms with Gasteiger partial charge in [0.15, 0.2) is 0 Å². The number of ether oxygens (including phenoxy) is 2. The molecular weight excluding hydrogens is 260 g/mol. The zero-order valence-corrected chi connectivity index (χ0v) is 14.2. The molecule has 0 aromatic heterocycles. The molecule has 0 aliphatic rings. The lowest BCUT2D eigenvalue weighted by molar-refractivity contribution is 0.232. The predicted molar refractivity (Wildman–Crippen MR) is 91.2 cm³/mol. The number of methoxy groups -OCH3 is 1. The van der Waals surface area contributed by atoms with Gasteiger partial charge in [-0.05, 0) is 43.9 Å². The average Bonchev–Trinajstić information content (AvgIpc) is 2.50. The number of allylic oxidation sites excluding steroid dienone is 1. The SMILES string of the molecule is CC=Cc1cc(OCC(CC)CCCC)c(C)cc1OC. The molecule has 21 heavy (non-hydrogen) atoms. The first kappa shape index (κ1) is 17.6. The van der Waals surface area contributed by atoms with Gasteiger partial charge in [-0.1, -0.05) is 45.3 Å². The molecule has 0 spiro atoms. The Morgan fingerprint density at radius 1 is 1.19 bits per heavy atom. The summed E-state index contributed by atoms with van der Waals surface area (Å²) in [6.07, 6.45) is 9.05. The van der Waals surface area contributed by atoms with Crippen molar-refractivity contribution in [2.24, 2.45) is 5.92 Å². The molecule has 0 radical (unpaired) electrons. The van der Waals surface area contributed by atoms with Crippen LogP contribution >= 0.6 is 0 Å². The van der Waals surface area contributed by atoms with Gasteiger partial charge in [0.1, 0.15) is 11.5 Å². The standard InChI is InChI=1S/C19H30O2/c1-6-9-11-16(8-3)14-21-18-13-17(10-7-2)19(20-5)12-15(18)4/h7,10,12-13,16H,6,8-9,11,14H2,1-5H3. The van der Waals surface area contributed by atoms with Crippen molar-refractivity contribution >= 4 is 6.08 Å². The van der Waals surface area contributed by atoms with Gasteiger partial charge in [-0.15, -0.1) is 0 Å². The van der Waals surface area contributed by atoms with E-state index in [1.165, 1.54) is 25.7 Å². The highest BCUT2D eigenvalue weighted by Crippen LogP contribution is 2.30. The van der Waals surface area contributed by atoms with Crippen molar-refractivity contribution in [3.63, 3.8) is 0 Å². The Kier molecular flexibility index (Phi) is 7.96. The van der Waals surface area contributed by atoms with Crippen LogP contribution in [0.15, 0.2) is 18.2 Å². The molecule has 2 heteroatoms. The molecule has 1 unspecified atom stereocenters. The fraction of sp³-hybridized carbons (Fsp3) is 0.579. The van der Waals surface area contributed by atoms with Gasteiger partial charge in [0.25, 0.3) is 0 Å². The summed E-state index contributed by atoms with van der Waals surface area (Å²) in [5.41, 5.74) is 2.20. The molecule has 0 saturated heterocycles. The molecule has 0 amide bonds. The zero-order valence-electron chi connectivity index (χ0n) is 14.2. The van der Waals surface area contributed by atoms with Gasteiger partial charge in [0.05, 0.1) is 13.7 Å². The average molecular weight is 290 g/mol. The van der Waals surface area contributed by atoms with Crippen LogP contribution in [0.3, 0.4) is 0 Å². The largest absolute Gasteiger partial charge is 0.496 e. The van der Waals surface area contributed by atoms with Crippen LogP contribution in [0.5, 0.6) is 11.5 Å². The van der Waals surface area contributed by atoms with Crippen LogP contribution < -0.4 is 9.47 Å². The molecular formula is C19H30O2. The highest BCUT2D eigenvalue weighted by molar-refractivity contribution is 5.61. The monoisotopic (exact) mass is 290 g/mol. The van der Waals surface area contributed by atoms with Gasteiger partial charge in [-0.25, -0.2) is 0 Å². The first-order valence-corrected chi connectivity index (χ1v) is 8.10. The molecule has 2 nitrogen and oxygen atoms in total. The van der Waals surface area contributed by atoms with E-state index in [9.17, 15) is 0 Å². The van der Waals surface area contributed by atoms with Crippen LogP contribution in [0.1, 0.15) is 57.6 Å². The number of rotatable bonds is 9. The van der Waals surface area contributed by atoms with Crippen molar-refractivity contribution in [3.05, 3.63) is 29.3 Å². The summed E-state index contributed by atoms with van der Waals surface area (Å²) in [5.74, 6) is 2.52. The van der Waals surface area contributed by atoms with E-state index in [-0.39, 0.29) is 0 Å². The molecule has 1 aromatic rings. The maximum absolute atomic E-state index is 6.08. The number of aryl methyl sites for hydroxylation is 1. The quantitative estimate of drug-likeness (QED) is 0.586. The van der Waals surface area contributed by atoms with E-state index < -0.39 is 0 Å². The van der Waals surface area contributed by atoms with Gasteiger partial charge in [-0.3, -0.25) is 0 Å². The van der Waals surface area contributed by atoms with E-state index in [2.05, 4.69) is 39.0 Å². The van der Waals surface area contributed by atoms with Gasteiger partial charge >= 0.3 is 0 Å². The predicted octanol–water partition coefficient (Wildman–Crippen LogP) is 5.63. The maximum Gasteiger partial charge on any atom is 0.126 e. The van der Waals surface area contributed by atoms with Crippen LogP contribution in [-0.2, 0) is 0 Å². The Bertz CT molecular complexity index is 449. The van der Waals surface area contributed by atoms with Crippen molar-refractivity contribution in [1.29, 1.82) is 0 Å². The second-order valence-corrected chi connectivity index (χ2v) is 5.59. The van der Waals surface area contributed by atoms with Crippen molar-refractivity contribution < 1.29 is 9.47 Å². The Hall–Kier alpha value is -1.44. The summed E-state index contributed by atoms with van der Waals surface area (Å²) in [4.78, 5) is 0. The number of hydrogen-bond acceptors (Lipinski definition) is 2. The van der Waals surface area contributed by atoms with Crippen LogP contribution in [-0.4, -0.2) is 13.7 Å². The topological polar surface area (TPSA) is 18.5 Å². The van der Waals surface area contributed by atoms with Crippen LogP contribution in [0.2, 0.25) is 0 Å². The summed E-state index contributed by atoms with van der Waals surface area (Å²) >= 11 is 0. The van der Waals surface area contributed by atoms with Crippen molar-refractivity contribution in [3.8, 4) is 11.5 Å². The Morgan fingerprint density at radius 3 is 2.52 bits per heavy atom. The fourth-order valence-corrected chi connectivity index (χ4v) is 2.43. The fourth-order valence-electron chi connectivity index (χ4n) is 2.43. The summed E-state index contributed by atoms with van der Waals surface area (Å²) in [6, 6.07) is 4.14. The third kappa shape index (κ3) is 5.45. The first-order valence-electron chi connectivity index (χ1n) is 8.10. The van der Waals surface area contributed by atoms with E-state index in [1.54, 1.807) is 7.11 Å². The summed E-state index contributed by atoms with van der Waals surface area (Å²) < 4.78 is 11.5. The van der Waals surface area contributed by atoms with Crippen molar-refractivity contribution in [2.45, 2.75) is 53.4 Å².